The fourth-order valence-electron chi connectivity index (χ4n) is 1.89. The normalized spacial score (nSPS) is 10.3. The van der Waals surface area contributed by atoms with Gasteiger partial charge in [0.05, 0.1) is 12.1 Å². The molecule has 1 N–H and O–H groups in total. The van der Waals surface area contributed by atoms with Crippen LogP contribution in [0.3, 0.4) is 0 Å². The maximum atomic E-state index is 12.0. The number of para-hydroxylation sites is 1. The van der Waals surface area contributed by atoms with Gasteiger partial charge in [-0.2, -0.15) is 0 Å². The SMILES string of the molecule is CCOC(=O)c1nc2ccccc2cc1CNC(C)=O. The van der Waals surface area contributed by atoms with Crippen molar-refractivity contribution >= 4 is 22.8 Å². The maximum absolute atomic E-state index is 12.0. The number of hydrogen-bond donors (Lipinski definition) is 1. The summed E-state index contributed by atoms with van der Waals surface area (Å²) in [4.78, 5) is 27.3. The minimum Gasteiger partial charge on any atom is -0.461 e. The Kier molecular flexibility index (Phi) is 4.30. The average Bonchev–Trinajstić information content (AvgIpc) is 2.44. The van der Waals surface area contributed by atoms with Crippen molar-refractivity contribution in [2.45, 2.75) is 20.4 Å². The molecule has 5 nitrogen and oxygen atoms in total. The molecule has 0 fully saturated rings. The van der Waals surface area contributed by atoms with Crippen LogP contribution in [0.25, 0.3) is 10.9 Å². The molecule has 0 atom stereocenters. The van der Waals surface area contributed by atoms with Gasteiger partial charge in [0.2, 0.25) is 5.91 Å². The molecule has 1 amide bonds. The van der Waals surface area contributed by atoms with Gasteiger partial charge < -0.3 is 10.1 Å². The van der Waals surface area contributed by atoms with Crippen LogP contribution in [0.1, 0.15) is 29.9 Å². The van der Waals surface area contributed by atoms with E-state index in [1.165, 1.54) is 6.92 Å². The second kappa shape index (κ2) is 6.14. The third kappa shape index (κ3) is 3.12. The van der Waals surface area contributed by atoms with Gasteiger partial charge in [-0.25, -0.2) is 9.78 Å². The van der Waals surface area contributed by atoms with Gasteiger partial charge in [-0.05, 0) is 19.1 Å². The number of hydrogen-bond acceptors (Lipinski definition) is 4. The zero-order valence-electron chi connectivity index (χ0n) is 11.5. The first-order chi connectivity index (χ1) is 9.61. The lowest BCUT2D eigenvalue weighted by molar-refractivity contribution is -0.119. The Labute approximate surface area is 117 Å². The van der Waals surface area contributed by atoms with Gasteiger partial charge in [0.25, 0.3) is 0 Å². The van der Waals surface area contributed by atoms with E-state index in [1.807, 2.05) is 30.3 Å². The number of rotatable bonds is 4. The summed E-state index contributed by atoms with van der Waals surface area (Å²) in [5.74, 6) is -0.633. The van der Waals surface area contributed by atoms with Crippen LogP contribution in [0.15, 0.2) is 30.3 Å². The van der Waals surface area contributed by atoms with Crippen LogP contribution in [0.2, 0.25) is 0 Å². The Balaban J connectivity index is 2.46. The smallest absolute Gasteiger partial charge is 0.357 e. The first-order valence-corrected chi connectivity index (χ1v) is 6.42. The number of nitrogens with one attached hydrogen (secondary N) is 1. The fraction of sp³-hybridized carbons (Fsp3) is 0.267. The molecule has 0 aliphatic carbocycles. The van der Waals surface area contributed by atoms with E-state index in [1.54, 1.807) is 6.92 Å². The number of nitrogens with zero attached hydrogens (tertiary/aromatic N) is 1. The molecule has 0 aliphatic rings. The number of carbonyl (C=O) groups excluding carboxylic acids is 2. The molecule has 0 spiro atoms. The van der Waals surface area contributed by atoms with Gasteiger partial charge in [-0.1, -0.05) is 18.2 Å². The third-order valence-electron chi connectivity index (χ3n) is 2.80. The molecule has 5 heteroatoms. The summed E-state index contributed by atoms with van der Waals surface area (Å²) in [5.41, 5.74) is 1.62. The lowest BCUT2D eigenvalue weighted by Crippen LogP contribution is -2.22. The van der Waals surface area contributed by atoms with Crippen molar-refractivity contribution in [3.63, 3.8) is 0 Å². The highest BCUT2D eigenvalue weighted by Gasteiger charge is 2.16. The molecular weight excluding hydrogens is 256 g/mol. The van der Waals surface area contributed by atoms with Crippen molar-refractivity contribution in [3.8, 4) is 0 Å². The predicted octanol–water partition coefficient (Wildman–Crippen LogP) is 2.05. The summed E-state index contributed by atoms with van der Waals surface area (Å²) in [6.07, 6.45) is 0. The number of fused-ring (bicyclic) bond motifs is 1. The molecule has 2 rings (SSSR count). The highest BCUT2D eigenvalue weighted by atomic mass is 16.5. The number of pyridine rings is 1. The molecule has 0 radical (unpaired) electrons. The van der Waals surface area contributed by atoms with Crippen LogP contribution in [-0.2, 0) is 16.1 Å². The van der Waals surface area contributed by atoms with Crippen LogP contribution < -0.4 is 5.32 Å². The van der Waals surface area contributed by atoms with Crippen molar-refractivity contribution in [1.82, 2.24) is 10.3 Å². The first-order valence-electron chi connectivity index (χ1n) is 6.42. The van der Waals surface area contributed by atoms with Gasteiger partial charge in [0.1, 0.15) is 0 Å². The second-order valence-corrected chi connectivity index (χ2v) is 4.32. The van der Waals surface area contributed by atoms with Crippen molar-refractivity contribution < 1.29 is 14.3 Å². The van der Waals surface area contributed by atoms with Gasteiger partial charge in [-0.15, -0.1) is 0 Å². The molecule has 1 aromatic heterocycles. The summed E-state index contributed by atoms with van der Waals surface area (Å²) < 4.78 is 5.01. The molecule has 1 aromatic carbocycles. The molecular formula is C15H16N2O3. The Bertz CT molecular complexity index is 653. The highest BCUT2D eigenvalue weighted by Crippen LogP contribution is 2.17. The van der Waals surface area contributed by atoms with Crippen LogP contribution in [0.5, 0.6) is 0 Å². The molecule has 104 valence electrons. The minimum atomic E-state index is -0.474. The zero-order valence-corrected chi connectivity index (χ0v) is 11.5. The van der Waals surface area contributed by atoms with Crippen LogP contribution >= 0.6 is 0 Å². The molecule has 0 aliphatic heterocycles. The van der Waals surface area contributed by atoms with Crippen molar-refractivity contribution in [2.75, 3.05) is 6.61 Å². The lowest BCUT2D eigenvalue weighted by Gasteiger charge is -2.10. The van der Waals surface area contributed by atoms with E-state index in [-0.39, 0.29) is 24.8 Å². The van der Waals surface area contributed by atoms with E-state index >= 15 is 0 Å². The van der Waals surface area contributed by atoms with E-state index in [0.717, 1.165) is 10.9 Å². The van der Waals surface area contributed by atoms with Gasteiger partial charge in [0.15, 0.2) is 5.69 Å². The summed E-state index contributed by atoms with van der Waals surface area (Å²) in [6, 6.07) is 9.35. The fourth-order valence-corrected chi connectivity index (χ4v) is 1.89. The van der Waals surface area contributed by atoms with Gasteiger partial charge in [-0.3, -0.25) is 4.79 Å². The van der Waals surface area contributed by atoms with E-state index < -0.39 is 5.97 Å². The maximum Gasteiger partial charge on any atom is 0.357 e. The summed E-state index contributed by atoms with van der Waals surface area (Å²) in [5, 5.41) is 3.59. The minimum absolute atomic E-state index is 0.159. The number of benzene rings is 1. The number of carbonyl (C=O) groups is 2. The Hall–Kier alpha value is -2.43. The summed E-state index contributed by atoms with van der Waals surface area (Å²) in [7, 11) is 0. The largest absolute Gasteiger partial charge is 0.461 e. The number of aromatic nitrogens is 1. The van der Waals surface area contributed by atoms with E-state index in [2.05, 4.69) is 10.3 Å². The van der Waals surface area contributed by atoms with Crippen molar-refractivity contribution in [2.24, 2.45) is 0 Å². The molecule has 0 bridgehead atoms. The first kappa shape index (κ1) is 14.0. The summed E-state index contributed by atoms with van der Waals surface area (Å²) in [6.45, 7) is 3.71. The van der Waals surface area contributed by atoms with Crippen LogP contribution in [0.4, 0.5) is 0 Å². The molecule has 20 heavy (non-hydrogen) atoms. The quantitative estimate of drug-likeness (QED) is 0.865. The average molecular weight is 272 g/mol. The topological polar surface area (TPSA) is 68.3 Å². The predicted molar refractivity (Wildman–Crippen MR) is 75.2 cm³/mol. The molecule has 0 saturated carbocycles. The van der Waals surface area contributed by atoms with E-state index in [0.29, 0.717) is 5.56 Å². The lowest BCUT2D eigenvalue weighted by atomic mass is 10.1. The Morgan fingerprint density at radius 3 is 2.75 bits per heavy atom. The molecule has 0 unspecified atom stereocenters. The van der Waals surface area contributed by atoms with Crippen LogP contribution in [0, 0.1) is 0 Å². The second-order valence-electron chi connectivity index (χ2n) is 4.32. The Morgan fingerprint density at radius 1 is 1.30 bits per heavy atom. The standard InChI is InChI=1S/C15H16N2O3/c1-3-20-15(19)14-12(9-16-10(2)18)8-11-6-4-5-7-13(11)17-14/h4-8H,3,9H2,1-2H3,(H,16,18). The van der Waals surface area contributed by atoms with Crippen LogP contribution in [-0.4, -0.2) is 23.5 Å². The number of esters is 1. The number of ether oxygens (including phenoxy) is 1. The highest BCUT2D eigenvalue weighted by molar-refractivity contribution is 5.93. The molecule has 2 aromatic rings. The Morgan fingerprint density at radius 2 is 2.05 bits per heavy atom. The molecule has 1 heterocycles. The van der Waals surface area contributed by atoms with Crippen molar-refractivity contribution in [3.05, 3.63) is 41.6 Å². The zero-order chi connectivity index (χ0) is 14.5. The van der Waals surface area contributed by atoms with E-state index in [9.17, 15) is 9.59 Å². The van der Waals surface area contributed by atoms with Crippen molar-refractivity contribution in [1.29, 1.82) is 0 Å². The summed E-state index contributed by atoms with van der Waals surface area (Å²) >= 11 is 0. The van der Waals surface area contributed by atoms with Gasteiger partial charge >= 0.3 is 5.97 Å². The molecule has 0 saturated heterocycles. The third-order valence-corrected chi connectivity index (χ3v) is 2.80. The van der Waals surface area contributed by atoms with Gasteiger partial charge in [0, 0.05) is 24.4 Å². The monoisotopic (exact) mass is 272 g/mol. The van der Waals surface area contributed by atoms with E-state index in [4.69, 9.17) is 4.74 Å². The number of amides is 1.